The van der Waals surface area contributed by atoms with Crippen molar-refractivity contribution >= 4 is 11.9 Å². The zero-order chi connectivity index (χ0) is 24.0. The van der Waals surface area contributed by atoms with Crippen LogP contribution in [0.15, 0.2) is 22.7 Å². The molecule has 1 saturated heterocycles. The van der Waals surface area contributed by atoms with E-state index < -0.39 is 11.8 Å². The van der Waals surface area contributed by atoms with E-state index in [1.807, 2.05) is 17.9 Å². The fourth-order valence-corrected chi connectivity index (χ4v) is 3.83. The summed E-state index contributed by atoms with van der Waals surface area (Å²) in [5.74, 6) is -2.52. The number of ether oxygens (including phenoxy) is 1. The largest absolute Gasteiger partial charge is 0.494 e. The smallest absolute Gasteiger partial charge is 0.322 e. The minimum absolute atomic E-state index is 0.110. The number of benzene rings is 1. The minimum atomic E-state index is -3.13. The number of piperidine rings is 1. The van der Waals surface area contributed by atoms with Crippen molar-refractivity contribution in [2.45, 2.75) is 58.4 Å². The van der Waals surface area contributed by atoms with Gasteiger partial charge in [-0.05, 0) is 74.4 Å². The van der Waals surface area contributed by atoms with E-state index in [0.717, 1.165) is 43.9 Å². The van der Waals surface area contributed by atoms with Gasteiger partial charge in [-0.1, -0.05) is 0 Å². The van der Waals surface area contributed by atoms with E-state index in [0.29, 0.717) is 31.2 Å². The molecule has 1 amide bonds. The second kappa shape index (κ2) is 10.9. The number of anilines is 1. The Morgan fingerprint density at radius 2 is 2.12 bits per heavy atom. The van der Waals surface area contributed by atoms with Crippen LogP contribution in [0.2, 0.25) is 0 Å². The van der Waals surface area contributed by atoms with E-state index in [9.17, 15) is 13.6 Å². The molecule has 0 saturated carbocycles. The molecule has 1 aliphatic heterocycles. The first-order chi connectivity index (χ1) is 15.7. The number of alkyl halides is 2. The quantitative estimate of drug-likeness (QED) is 0.515. The second-order valence-corrected chi connectivity index (χ2v) is 8.74. The number of rotatable bonds is 10. The molecule has 1 aromatic heterocycles. The lowest BCUT2D eigenvalue weighted by Gasteiger charge is -2.30. The van der Waals surface area contributed by atoms with Gasteiger partial charge >= 0.3 is 5.92 Å². The van der Waals surface area contributed by atoms with E-state index in [4.69, 9.17) is 9.84 Å². The number of aryl methyl sites for hydroxylation is 1. The van der Waals surface area contributed by atoms with Crippen molar-refractivity contribution in [2.75, 3.05) is 31.2 Å². The number of carbonyl (C=O) groups excluding carboxylic acids is 1. The molecule has 0 unspecified atom stereocenters. The Morgan fingerprint density at radius 1 is 1.39 bits per heavy atom. The van der Waals surface area contributed by atoms with E-state index in [1.54, 1.807) is 19.1 Å². The maximum Gasteiger partial charge on any atom is 0.322 e. The number of aromatic nitrogens is 2. The molecular formula is C23H32F2N4O4. The molecular weight excluding hydrogens is 434 g/mol. The van der Waals surface area contributed by atoms with Crippen LogP contribution in [0.4, 0.5) is 14.7 Å². The third-order valence-corrected chi connectivity index (χ3v) is 5.81. The summed E-state index contributed by atoms with van der Waals surface area (Å²) in [6.07, 6.45) is 3.77. The summed E-state index contributed by atoms with van der Waals surface area (Å²) in [6.45, 7) is 6.21. The van der Waals surface area contributed by atoms with E-state index >= 15 is 0 Å². The fourth-order valence-electron chi connectivity index (χ4n) is 3.83. The molecule has 0 spiro atoms. The van der Waals surface area contributed by atoms with Crippen molar-refractivity contribution in [3.8, 4) is 5.75 Å². The number of aliphatic hydroxyl groups excluding tert-OH is 1. The summed E-state index contributed by atoms with van der Waals surface area (Å²) in [5.41, 5.74) is 1.37. The highest BCUT2D eigenvalue weighted by molar-refractivity contribution is 5.95. The first-order valence-corrected chi connectivity index (χ1v) is 11.3. The predicted octanol–water partition coefficient (Wildman–Crippen LogP) is 3.68. The first kappa shape index (κ1) is 24.9. The van der Waals surface area contributed by atoms with Crippen LogP contribution >= 0.6 is 0 Å². The number of hydrogen-bond donors (Lipinski definition) is 2. The molecule has 2 N–H and O–H groups in total. The number of amides is 1. The van der Waals surface area contributed by atoms with Gasteiger partial charge in [0.15, 0.2) is 0 Å². The predicted molar refractivity (Wildman–Crippen MR) is 119 cm³/mol. The highest BCUT2D eigenvalue weighted by atomic mass is 19.3. The van der Waals surface area contributed by atoms with Gasteiger partial charge in [0.25, 0.3) is 17.7 Å². The second-order valence-electron chi connectivity index (χ2n) is 8.74. The van der Waals surface area contributed by atoms with Crippen LogP contribution in [-0.2, 0) is 5.92 Å². The number of nitrogens with zero attached hydrogens (tertiary/aromatic N) is 3. The number of nitrogens with one attached hydrogen (secondary N) is 1. The number of carbonyl (C=O) groups is 1. The zero-order valence-corrected chi connectivity index (χ0v) is 19.3. The highest BCUT2D eigenvalue weighted by Gasteiger charge is 2.33. The molecule has 1 aromatic carbocycles. The van der Waals surface area contributed by atoms with Gasteiger partial charge in [0.05, 0.1) is 13.2 Å². The van der Waals surface area contributed by atoms with Crippen molar-refractivity contribution in [3.05, 3.63) is 35.2 Å². The summed E-state index contributed by atoms with van der Waals surface area (Å²) in [4.78, 5) is 17.9. The van der Waals surface area contributed by atoms with E-state index in [1.165, 1.54) is 0 Å². The van der Waals surface area contributed by atoms with E-state index in [-0.39, 0.29) is 24.5 Å². The Bertz CT molecular complexity index is 923. The standard InChI is InChI=1S/C23H32F2N4O4/c1-15-13-18(6-7-19(15)20(31)26-16(2)14-30)32-12-4-5-17-8-10-29(11-9-17)22-27-21(33-28-22)23(3,24)25/h6-7,13,16-17,30H,4-5,8-12,14H2,1-3H3,(H,26,31)/t16-/m1/s1. The lowest BCUT2D eigenvalue weighted by Crippen LogP contribution is -2.35. The number of halogens is 2. The summed E-state index contributed by atoms with van der Waals surface area (Å²) >= 11 is 0. The zero-order valence-electron chi connectivity index (χ0n) is 19.3. The first-order valence-electron chi connectivity index (χ1n) is 11.3. The summed E-state index contributed by atoms with van der Waals surface area (Å²) in [7, 11) is 0. The normalized spacial score (nSPS) is 16.0. The van der Waals surface area contributed by atoms with Gasteiger partial charge in [-0.25, -0.2) is 0 Å². The lowest BCUT2D eigenvalue weighted by molar-refractivity contribution is -0.0158. The molecule has 2 heterocycles. The molecule has 0 bridgehead atoms. The maximum atomic E-state index is 13.3. The van der Waals surface area contributed by atoms with Gasteiger partial charge in [-0.15, -0.1) is 0 Å². The minimum Gasteiger partial charge on any atom is -0.494 e. The average molecular weight is 467 g/mol. The van der Waals surface area contributed by atoms with Crippen molar-refractivity contribution in [1.29, 1.82) is 0 Å². The summed E-state index contributed by atoms with van der Waals surface area (Å²) < 4.78 is 37.1. The van der Waals surface area contributed by atoms with Gasteiger partial charge < -0.3 is 24.6 Å². The van der Waals surface area contributed by atoms with Crippen LogP contribution in [0, 0.1) is 12.8 Å². The topological polar surface area (TPSA) is 101 Å². The molecule has 1 atom stereocenters. The van der Waals surface area contributed by atoms with Crippen LogP contribution in [0.5, 0.6) is 5.75 Å². The molecule has 182 valence electrons. The van der Waals surface area contributed by atoms with Crippen LogP contribution < -0.4 is 15.0 Å². The number of hydrogen-bond acceptors (Lipinski definition) is 7. The third-order valence-electron chi connectivity index (χ3n) is 5.81. The average Bonchev–Trinajstić information content (AvgIpc) is 3.28. The van der Waals surface area contributed by atoms with Crippen molar-refractivity contribution in [3.63, 3.8) is 0 Å². The van der Waals surface area contributed by atoms with Crippen molar-refractivity contribution < 1.29 is 27.9 Å². The molecule has 1 fully saturated rings. The molecule has 1 aliphatic rings. The van der Waals surface area contributed by atoms with Gasteiger partial charge in [0.2, 0.25) is 0 Å². The Labute approximate surface area is 192 Å². The Morgan fingerprint density at radius 3 is 2.73 bits per heavy atom. The maximum absolute atomic E-state index is 13.3. The van der Waals surface area contributed by atoms with Gasteiger partial charge in [-0.2, -0.15) is 13.8 Å². The molecule has 8 nitrogen and oxygen atoms in total. The molecule has 3 rings (SSSR count). The molecule has 0 aliphatic carbocycles. The third kappa shape index (κ3) is 6.86. The lowest BCUT2D eigenvalue weighted by atomic mass is 9.92. The Balaban J connectivity index is 1.38. The van der Waals surface area contributed by atoms with Crippen LogP contribution in [0.1, 0.15) is 61.3 Å². The van der Waals surface area contributed by atoms with Crippen LogP contribution in [0.25, 0.3) is 0 Å². The van der Waals surface area contributed by atoms with E-state index in [2.05, 4.69) is 20.0 Å². The van der Waals surface area contributed by atoms with Crippen molar-refractivity contribution in [2.24, 2.45) is 5.92 Å². The van der Waals surface area contributed by atoms with Gasteiger partial charge in [0, 0.05) is 31.6 Å². The van der Waals surface area contributed by atoms with Gasteiger partial charge in [0.1, 0.15) is 5.75 Å². The Kier molecular flexibility index (Phi) is 8.23. The monoisotopic (exact) mass is 466 g/mol. The SMILES string of the molecule is Cc1cc(OCCCC2CCN(c3noc(C(C)(F)F)n3)CC2)ccc1C(=O)N[C@H](C)CO. The Hall–Kier alpha value is -2.75. The summed E-state index contributed by atoms with van der Waals surface area (Å²) in [6, 6.07) is 5.06. The van der Waals surface area contributed by atoms with Crippen LogP contribution in [0.3, 0.4) is 0 Å². The van der Waals surface area contributed by atoms with Crippen LogP contribution in [-0.4, -0.2) is 53.5 Å². The number of aliphatic hydroxyl groups is 1. The summed E-state index contributed by atoms with van der Waals surface area (Å²) in [5, 5.41) is 15.5. The molecule has 33 heavy (non-hydrogen) atoms. The molecule has 10 heteroatoms. The van der Waals surface area contributed by atoms with Crippen molar-refractivity contribution in [1.82, 2.24) is 15.5 Å². The van der Waals surface area contributed by atoms with Gasteiger partial charge in [-0.3, -0.25) is 4.79 Å². The molecule has 0 radical (unpaired) electrons. The fraction of sp³-hybridized carbons (Fsp3) is 0.609. The highest BCUT2D eigenvalue weighted by Crippen LogP contribution is 2.29. The molecule has 2 aromatic rings.